The lowest BCUT2D eigenvalue weighted by molar-refractivity contribution is 0.308. The minimum atomic E-state index is 0.481. The molecule has 0 aliphatic rings. The number of aromatic nitrogens is 3. The van der Waals surface area contributed by atoms with Gasteiger partial charge in [-0.25, -0.2) is 0 Å². The smallest absolute Gasteiger partial charge is 0.217 e. The summed E-state index contributed by atoms with van der Waals surface area (Å²) < 4.78 is 5.75. The Balaban J connectivity index is 0.000000437. The maximum atomic E-state index is 6.92. The third-order valence-corrected chi connectivity index (χ3v) is 4.59. The number of aryl methyl sites for hydroxylation is 1. The van der Waals surface area contributed by atoms with Crippen molar-refractivity contribution in [2.45, 2.75) is 53.9 Å². The standard InChI is InChI=1S/C17H25N5O.C8H9N.C2H6/c1-3-8-22(9-4-2)15-11-16(18)21-17(12-15)23-10-5-14-13-19-6-7-20-14;1-7-3-2-4-8(5-7)6-9;1-2/h6-7,11-13H,3-5,8-10H2,1-2H3,(H2,18,21);2-6,9H,1H3;1-2H3. The molecule has 34 heavy (non-hydrogen) atoms. The molecule has 7 heteroatoms. The van der Waals surface area contributed by atoms with Gasteiger partial charge < -0.3 is 20.8 Å². The maximum absolute atomic E-state index is 6.92. The van der Waals surface area contributed by atoms with Crippen molar-refractivity contribution in [3.8, 4) is 5.88 Å². The highest BCUT2D eigenvalue weighted by Gasteiger charge is 2.09. The van der Waals surface area contributed by atoms with Crippen LogP contribution in [0.5, 0.6) is 5.88 Å². The first-order valence-electron chi connectivity index (χ1n) is 12.0. The van der Waals surface area contributed by atoms with E-state index in [0.717, 1.165) is 42.9 Å². The van der Waals surface area contributed by atoms with E-state index in [2.05, 4.69) is 33.7 Å². The monoisotopic (exact) mass is 464 g/mol. The van der Waals surface area contributed by atoms with Crippen LogP contribution >= 0.6 is 0 Å². The highest BCUT2D eigenvalue weighted by atomic mass is 16.5. The van der Waals surface area contributed by atoms with Gasteiger partial charge in [0, 0.05) is 62.1 Å². The van der Waals surface area contributed by atoms with Gasteiger partial charge >= 0.3 is 0 Å². The van der Waals surface area contributed by atoms with Crippen LogP contribution in [0.15, 0.2) is 55.0 Å². The molecule has 0 aliphatic heterocycles. The minimum absolute atomic E-state index is 0.481. The number of nitrogen functional groups attached to an aromatic ring is 1. The van der Waals surface area contributed by atoms with Crippen LogP contribution in [0.2, 0.25) is 0 Å². The first kappa shape index (κ1) is 28.6. The van der Waals surface area contributed by atoms with Crippen molar-refractivity contribution in [3.05, 3.63) is 71.8 Å². The van der Waals surface area contributed by atoms with Gasteiger partial charge in [0.15, 0.2) is 0 Å². The number of anilines is 2. The average Bonchev–Trinajstić information content (AvgIpc) is 2.86. The van der Waals surface area contributed by atoms with Crippen LogP contribution in [0.25, 0.3) is 0 Å². The molecular weight excluding hydrogens is 424 g/mol. The molecule has 1 aromatic carbocycles. The summed E-state index contributed by atoms with van der Waals surface area (Å²) in [4.78, 5) is 14.8. The normalized spacial score (nSPS) is 9.68. The molecule has 7 nitrogen and oxygen atoms in total. The Morgan fingerprint density at radius 1 is 1.06 bits per heavy atom. The molecule has 3 N–H and O–H groups in total. The molecule has 0 fully saturated rings. The van der Waals surface area contributed by atoms with Crippen molar-refractivity contribution in [2.75, 3.05) is 30.3 Å². The highest BCUT2D eigenvalue weighted by Crippen LogP contribution is 2.23. The Labute approximate surface area is 204 Å². The average molecular weight is 465 g/mol. The van der Waals surface area contributed by atoms with Gasteiger partial charge in [-0.05, 0) is 25.3 Å². The van der Waals surface area contributed by atoms with E-state index in [1.54, 1.807) is 18.6 Å². The molecule has 0 radical (unpaired) electrons. The number of nitrogens with zero attached hydrogens (tertiary/aromatic N) is 4. The second-order valence-corrected chi connectivity index (χ2v) is 7.43. The Bertz CT molecular complexity index is 943. The predicted octanol–water partition coefficient (Wildman–Crippen LogP) is 5.72. The van der Waals surface area contributed by atoms with Gasteiger partial charge in [0.2, 0.25) is 5.88 Å². The predicted molar refractivity (Wildman–Crippen MR) is 143 cm³/mol. The number of hydrogen-bond acceptors (Lipinski definition) is 7. The van der Waals surface area contributed by atoms with Crippen LogP contribution in [-0.4, -0.2) is 40.9 Å². The summed E-state index contributed by atoms with van der Waals surface area (Å²) in [6, 6.07) is 11.7. The molecule has 0 unspecified atom stereocenters. The van der Waals surface area contributed by atoms with E-state index >= 15 is 0 Å². The Hall–Kier alpha value is -3.48. The Kier molecular flexibility index (Phi) is 14.3. The summed E-state index contributed by atoms with van der Waals surface area (Å²) in [5, 5.41) is 6.92. The van der Waals surface area contributed by atoms with Crippen LogP contribution in [0, 0.1) is 12.3 Å². The lowest BCUT2D eigenvalue weighted by Crippen LogP contribution is -2.25. The number of hydrogen-bond donors (Lipinski definition) is 2. The van der Waals surface area contributed by atoms with Gasteiger partial charge in [-0.1, -0.05) is 57.5 Å². The van der Waals surface area contributed by atoms with E-state index in [9.17, 15) is 0 Å². The summed E-state index contributed by atoms with van der Waals surface area (Å²) in [5.41, 5.74) is 10.1. The minimum Gasteiger partial charge on any atom is -0.477 e. The molecule has 0 amide bonds. The van der Waals surface area contributed by atoms with E-state index in [0.29, 0.717) is 24.7 Å². The molecule has 3 aromatic rings. The summed E-state index contributed by atoms with van der Waals surface area (Å²) in [5.74, 6) is 1.04. The maximum Gasteiger partial charge on any atom is 0.217 e. The van der Waals surface area contributed by atoms with E-state index in [1.165, 1.54) is 11.8 Å². The molecule has 0 bridgehead atoms. The second kappa shape index (κ2) is 17.1. The van der Waals surface area contributed by atoms with Gasteiger partial charge in [0.05, 0.1) is 12.3 Å². The van der Waals surface area contributed by atoms with E-state index in [-0.39, 0.29) is 0 Å². The summed E-state index contributed by atoms with van der Waals surface area (Å²) in [6.07, 6.45) is 9.30. The fourth-order valence-electron chi connectivity index (χ4n) is 3.16. The van der Waals surface area contributed by atoms with Gasteiger partial charge in [-0.3, -0.25) is 9.97 Å². The van der Waals surface area contributed by atoms with E-state index < -0.39 is 0 Å². The molecule has 0 atom stereocenters. The number of pyridine rings is 1. The zero-order valence-electron chi connectivity index (χ0n) is 21.3. The van der Waals surface area contributed by atoms with Crippen molar-refractivity contribution in [1.82, 2.24) is 15.0 Å². The Morgan fingerprint density at radius 2 is 1.79 bits per heavy atom. The van der Waals surface area contributed by atoms with Gasteiger partial charge in [-0.15, -0.1) is 0 Å². The van der Waals surface area contributed by atoms with E-state index in [4.69, 9.17) is 15.9 Å². The first-order chi connectivity index (χ1) is 16.5. The number of benzene rings is 1. The summed E-state index contributed by atoms with van der Waals surface area (Å²) >= 11 is 0. The van der Waals surface area contributed by atoms with Gasteiger partial charge in [-0.2, -0.15) is 4.98 Å². The summed E-state index contributed by atoms with van der Waals surface area (Å²) in [7, 11) is 0. The molecule has 0 aliphatic carbocycles. The van der Waals surface area contributed by atoms with Crippen LogP contribution in [0.4, 0.5) is 11.5 Å². The molecule has 3 rings (SSSR count). The largest absolute Gasteiger partial charge is 0.477 e. The van der Waals surface area contributed by atoms with Crippen LogP contribution < -0.4 is 15.4 Å². The van der Waals surface area contributed by atoms with Crippen molar-refractivity contribution >= 4 is 17.7 Å². The zero-order chi connectivity index (χ0) is 25.2. The van der Waals surface area contributed by atoms with Crippen LogP contribution in [0.3, 0.4) is 0 Å². The second-order valence-electron chi connectivity index (χ2n) is 7.43. The zero-order valence-corrected chi connectivity index (χ0v) is 21.3. The quantitative estimate of drug-likeness (QED) is 0.372. The van der Waals surface area contributed by atoms with Crippen LogP contribution in [0.1, 0.15) is 57.4 Å². The van der Waals surface area contributed by atoms with Gasteiger partial charge in [0.25, 0.3) is 0 Å². The third kappa shape index (κ3) is 10.9. The SMILES string of the molecule is CC.CCCN(CCC)c1cc(N)nc(OCCc2cnccn2)c1.Cc1cccc(C=N)c1. The third-order valence-electron chi connectivity index (χ3n) is 4.59. The number of nitrogens with one attached hydrogen (secondary N) is 1. The molecule has 0 saturated carbocycles. The van der Waals surface area contributed by atoms with Crippen LogP contribution in [-0.2, 0) is 6.42 Å². The summed E-state index contributed by atoms with van der Waals surface area (Å²) in [6.45, 7) is 12.9. The van der Waals surface area contributed by atoms with E-state index in [1.807, 2.05) is 57.2 Å². The molecule has 184 valence electrons. The molecule has 2 heterocycles. The van der Waals surface area contributed by atoms with Crippen molar-refractivity contribution in [1.29, 1.82) is 5.41 Å². The van der Waals surface area contributed by atoms with Crippen molar-refractivity contribution in [3.63, 3.8) is 0 Å². The first-order valence-corrected chi connectivity index (χ1v) is 12.0. The molecule has 0 spiro atoms. The van der Waals surface area contributed by atoms with Gasteiger partial charge in [0.1, 0.15) is 5.82 Å². The van der Waals surface area contributed by atoms with Crippen molar-refractivity contribution in [2.24, 2.45) is 0 Å². The fraction of sp³-hybridized carbons (Fsp3) is 0.407. The highest BCUT2D eigenvalue weighted by molar-refractivity contribution is 5.76. The lowest BCUT2D eigenvalue weighted by atomic mass is 10.2. The molecular formula is C27H40N6O. The lowest BCUT2D eigenvalue weighted by Gasteiger charge is -2.24. The fourth-order valence-corrected chi connectivity index (χ4v) is 3.16. The topological polar surface area (TPSA) is 101 Å². The number of nitrogens with two attached hydrogens (primary N) is 1. The number of ether oxygens (including phenoxy) is 1. The molecule has 0 saturated heterocycles. The Morgan fingerprint density at radius 3 is 2.35 bits per heavy atom. The molecule has 2 aromatic heterocycles. The number of rotatable bonds is 10. The van der Waals surface area contributed by atoms with Crippen molar-refractivity contribution < 1.29 is 4.74 Å².